The van der Waals surface area contributed by atoms with Crippen molar-refractivity contribution in [1.29, 1.82) is 5.26 Å². The summed E-state index contributed by atoms with van der Waals surface area (Å²) in [6, 6.07) is 4.95. The number of piperidine rings is 1. The van der Waals surface area contributed by atoms with Gasteiger partial charge in [-0.2, -0.15) is 18.4 Å². The highest BCUT2D eigenvalue weighted by molar-refractivity contribution is 5.88. The topological polar surface area (TPSA) is 76.9 Å². The number of nitriles is 1. The molecule has 190 valence electrons. The Morgan fingerprint density at radius 2 is 1.86 bits per heavy atom. The van der Waals surface area contributed by atoms with E-state index in [1.165, 1.54) is 13.2 Å². The first-order valence-corrected chi connectivity index (χ1v) is 12.1. The molecule has 3 aliphatic heterocycles. The van der Waals surface area contributed by atoms with Crippen molar-refractivity contribution in [2.45, 2.75) is 50.7 Å². The summed E-state index contributed by atoms with van der Waals surface area (Å²) < 4.78 is 45.3. The molecule has 3 saturated heterocycles. The molecule has 35 heavy (non-hydrogen) atoms. The summed E-state index contributed by atoms with van der Waals surface area (Å²) in [5.41, 5.74) is -1.12. The first kappa shape index (κ1) is 25.3. The van der Waals surface area contributed by atoms with E-state index in [4.69, 9.17) is 10.00 Å². The van der Waals surface area contributed by atoms with Crippen LogP contribution in [0.2, 0.25) is 0 Å². The van der Waals surface area contributed by atoms with E-state index in [0.29, 0.717) is 51.2 Å². The maximum Gasteiger partial charge on any atom is 0.417 e. The molecule has 0 aromatic heterocycles. The maximum atomic E-state index is 13.4. The van der Waals surface area contributed by atoms with E-state index in [2.05, 4.69) is 0 Å². The highest BCUT2D eigenvalue weighted by Gasteiger charge is 2.50. The zero-order chi connectivity index (χ0) is 25.2. The van der Waals surface area contributed by atoms with E-state index >= 15 is 0 Å². The molecule has 2 amide bonds. The van der Waals surface area contributed by atoms with Crippen LogP contribution in [0.25, 0.3) is 0 Å². The number of ether oxygens (including phenoxy) is 1. The molecule has 7 nitrogen and oxygen atoms in total. The number of methoxy groups -OCH3 is 1. The number of halogens is 3. The van der Waals surface area contributed by atoms with E-state index in [1.54, 1.807) is 17.0 Å². The number of hydrogen-bond donors (Lipinski definition) is 0. The number of hydrogen-bond acceptors (Lipinski definition) is 5. The Morgan fingerprint density at radius 3 is 2.46 bits per heavy atom. The molecule has 1 unspecified atom stereocenters. The van der Waals surface area contributed by atoms with Crippen LogP contribution in [-0.2, 0) is 20.5 Å². The lowest BCUT2D eigenvalue weighted by Gasteiger charge is -2.40. The van der Waals surface area contributed by atoms with Gasteiger partial charge in [0.1, 0.15) is 6.04 Å². The molecule has 0 N–H and O–H groups in total. The second-order valence-electron chi connectivity index (χ2n) is 9.84. The fourth-order valence-corrected chi connectivity index (χ4v) is 5.68. The molecule has 1 aromatic rings. The predicted octanol–water partition coefficient (Wildman–Crippen LogP) is 3.42. The van der Waals surface area contributed by atoms with Gasteiger partial charge in [0, 0.05) is 45.5 Å². The summed E-state index contributed by atoms with van der Waals surface area (Å²) in [6.07, 6.45) is -0.514. The molecule has 3 fully saturated rings. The highest BCUT2D eigenvalue weighted by atomic mass is 19.4. The van der Waals surface area contributed by atoms with Crippen LogP contribution in [0.4, 0.5) is 18.9 Å². The van der Waals surface area contributed by atoms with Crippen molar-refractivity contribution in [2.75, 3.05) is 51.3 Å². The quantitative estimate of drug-likeness (QED) is 0.630. The van der Waals surface area contributed by atoms with Gasteiger partial charge in [0.25, 0.3) is 0 Å². The number of alkyl halides is 3. The zero-order valence-corrected chi connectivity index (χ0v) is 19.9. The molecule has 10 heteroatoms. The van der Waals surface area contributed by atoms with E-state index in [-0.39, 0.29) is 29.2 Å². The average molecular weight is 493 g/mol. The van der Waals surface area contributed by atoms with Gasteiger partial charge in [0.15, 0.2) is 0 Å². The van der Waals surface area contributed by atoms with E-state index in [1.807, 2.05) is 9.80 Å². The normalized spacial score (nSPS) is 22.0. The molecular formula is C25H31F3N4O3. The molecule has 1 atom stereocenters. The standard InChI is InChI=1S/C25H31F3N4O3/c1-35-13-6-22(33)32-17-24(15-21(32)23(34)31-9-2-3-10-31)7-11-30(12-8-24)19-5-4-18(16-29)20(14-19)25(26,27)28/h4-5,14,21H,2-3,6-13,15,17H2,1H3. The fraction of sp³-hybridized carbons (Fsp3) is 0.640. The minimum atomic E-state index is -4.60. The molecule has 3 aliphatic rings. The first-order chi connectivity index (χ1) is 16.7. The number of carbonyl (C=O) groups excluding carboxylic acids is 2. The third-order valence-electron chi connectivity index (χ3n) is 7.67. The van der Waals surface area contributed by atoms with E-state index in [9.17, 15) is 22.8 Å². The Morgan fingerprint density at radius 1 is 1.17 bits per heavy atom. The molecule has 0 aliphatic carbocycles. The van der Waals surface area contributed by atoms with Gasteiger partial charge in [-0.25, -0.2) is 0 Å². The minimum Gasteiger partial charge on any atom is -0.384 e. The van der Waals surface area contributed by atoms with Gasteiger partial charge < -0.3 is 19.4 Å². The number of benzene rings is 1. The number of carbonyl (C=O) groups is 2. The second-order valence-corrected chi connectivity index (χ2v) is 9.84. The summed E-state index contributed by atoms with van der Waals surface area (Å²) in [5.74, 6) is -0.0832. The van der Waals surface area contributed by atoms with Crippen LogP contribution in [0.1, 0.15) is 49.7 Å². The molecule has 3 heterocycles. The Hall–Kier alpha value is -2.80. The molecular weight excluding hydrogens is 461 g/mol. The smallest absolute Gasteiger partial charge is 0.384 e. The Balaban J connectivity index is 1.50. The molecule has 1 spiro atoms. The highest BCUT2D eigenvalue weighted by Crippen LogP contribution is 2.45. The van der Waals surface area contributed by atoms with Crippen LogP contribution in [-0.4, -0.2) is 74.1 Å². The first-order valence-electron chi connectivity index (χ1n) is 12.1. The van der Waals surface area contributed by atoms with Crippen molar-refractivity contribution in [2.24, 2.45) is 5.41 Å². The SMILES string of the molecule is COCCC(=O)N1CC2(CCN(c3ccc(C#N)c(C(F)(F)F)c3)CC2)CC1C(=O)N1CCCC1. The lowest BCUT2D eigenvalue weighted by atomic mass is 9.76. The molecule has 0 saturated carbocycles. The van der Waals surface area contributed by atoms with Crippen LogP contribution in [0.15, 0.2) is 18.2 Å². The molecule has 1 aromatic carbocycles. The number of likely N-dealkylation sites (tertiary alicyclic amines) is 2. The van der Waals surface area contributed by atoms with Gasteiger partial charge >= 0.3 is 6.18 Å². The van der Waals surface area contributed by atoms with Crippen molar-refractivity contribution in [3.63, 3.8) is 0 Å². The number of rotatable bonds is 5. The number of anilines is 1. The lowest BCUT2D eigenvalue weighted by molar-refractivity contribution is -0.143. The molecule has 0 bridgehead atoms. The second kappa shape index (κ2) is 10.1. The van der Waals surface area contributed by atoms with Crippen LogP contribution in [0.5, 0.6) is 0 Å². The summed E-state index contributed by atoms with van der Waals surface area (Å²) in [5, 5.41) is 9.06. The maximum absolute atomic E-state index is 13.4. The summed E-state index contributed by atoms with van der Waals surface area (Å²) in [4.78, 5) is 31.7. The largest absolute Gasteiger partial charge is 0.417 e. The molecule has 4 rings (SSSR count). The Bertz CT molecular complexity index is 993. The van der Waals surface area contributed by atoms with Gasteiger partial charge in [0.2, 0.25) is 11.8 Å². The minimum absolute atomic E-state index is 0.00878. The van der Waals surface area contributed by atoms with Gasteiger partial charge in [-0.1, -0.05) is 0 Å². The number of amides is 2. The summed E-state index contributed by atoms with van der Waals surface area (Å²) in [7, 11) is 1.54. The predicted molar refractivity (Wildman–Crippen MR) is 122 cm³/mol. The van der Waals surface area contributed by atoms with Gasteiger partial charge in [-0.05, 0) is 55.7 Å². The Kier molecular flexibility index (Phi) is 7.27. The van der Waals surface area contributed by atoms with Crippen molar-refractivity contribution in [1.82, 2.24) is 9.80 Å². The van der Waals surface area contributed by atoms with E-state index in [0.717, 1.165) is 32.0 Å². The van der Waals surface area contributed by atoms with Crippen LogP contribution < -0.4 is 4.90 Å². The van der Waals surface area contributed by atoms with Crippen molar-refractivity contribution < 1.29 is 27.5 Å². The van der Waals surface area contributed by atoms with Crippen molar-refractivity contribution in [3.05, 3.63) is 29.3 Å². The van der Waals surface area contributed by atoms with Crippen LogP contribution >= 0.6 is 0 Å². The van der Waals surface area contributed by atoms with Crippen LogP contribution in [0, 0.1) is 16.7 Å². The average Bonchev–Trinajstić information content (AvgIpc) is 3.51. The third kappa shape index (κ3) is 5.25. The van der Waals surface area contributed by atoms with Gasteiger partial charge in [0.05, 0.1) is 30.2 Å². The lowest BCUT2D eigenvalue weighted by Crippen LogP contribution is -2.47. The van der Waals surface area contributed by atoms with Crippen molar-refractivity contribution >= 4 is 17.5 Å². The summed E-state index contributed by atoms with van der Waals surface area (Å²) >= 11 is 0. The van der Waals surface area contributed by atoms with Gasteiger partial charge in [-0.15, -0.1) is 0 Å². The van der Waals surface area contributed by atoms with E-state index < -0.39 is 17.8 Å². The molecule has 0 radical (unpaired) electrons. The summed E-state index contributed by atoms with van der Waals surface area (Å²) in [6.45, 7) is 3.25. The number of nitrogens with zero attached hydrogens (tertiary/aromatic N) is 4. The third-order valence-corrected chi connectivity index (χ3v) is 7.67. The zero-order valence-electron chi connectivity index (χ0n) is 19.9. The Labute approximate surface area is 203 Å². The van der Waals surface area contributed by atoms with Crippen LogP contribution in [0.3, 0.4) is 0 Å². The van der Waals surface area contributed by atoms with Gasteiger partial charge in [-0.3, -0.25) is 9.59 Å². The fourth-order valence-electron chi connectivity index (χ4n) is 5.68. The van der Waals surface area contributed by atoms with Crippen molar-refractivity contribution in [3.8, 4) is 6.07 Å². The monoisotopic (exact) mass is 492 g/mol.